The molecule has 4 nitrogen and oxygen atoms in total. The molecule has 2 aromatic rings. The van der Waals surface area contributed by atoms with E-state index in [1.54, 1.807) is 0 Å². The molecule has 1 aromatic carbocycles. The number of esters is 1. The average Bonchev–Trinajstić information content (AvgIpc) is 3.16. The van der Waals surface area contributed by atoms with Crippen LogP contribution in [0.5, 0.6) is 0 Å². The third-order valence-electron chi connectivity index (χ3n) is 7.26. The van der Waals surface area contributed by atoms with Crippen LogP contribution >= 0.6 is 0 Å². The zero-order valence-electron chi connectivity index (χ0n) is 17.0. The van der Waals surface area contributed by atoms with E-state index < -0.39 is 0 Å². The Hall–Kier alpha value is -2.93. The monoisotopic (exact) mass is 398 g/mol. The predicted octanol–water partition coefficient (Wildman–Crippen LogP) is 5.39. The molecule has 1 saturated heterocycles. The maximum absolute atomic E-state index is 12.0. The number of nitriles is 1. The number of carbonyl (C=O) groups excluding carboxylic acids is 1. The van der Waals surface area contributed by atoms with Gasteiger partial charge in [-0.3, -0.25) is 9.78 Å². The highest BCUT2D eigenvalue weighted by molar-refractivity contribution is 5.72. The van der Waals surface area contributed by atoms with Gasteiger partial charge in [0.2, 0.25) is 0 Å². The minimum absolute atomic E-state index is 0.0240. The Morgan fingerprint density at radius 1 is 1.10 bits per heavy atom. The fourth-order valence-electron chi connectivity index (χ4n) is 5.82. The van der Waals surface area contributed by atoms with Gasteiger partial charge >= 0.3 is 5.97 Å². The molecule has 0 bridgehead atoms. The summed E-state index contributed by atoms with van der Waals surface area (Å²) < 4.78 is 5.67. The summed E-state index contributed by atoms with van der Waals surface area (Å²) in [6.45, 7) is 0. The molecule has 4 heteroatoms. The molecule has 0 amide bonds. The summed E-state index contributed by atoms with van der Waals surface area (Å²) in [4.78, 5) is 16.6. The topological polar surface area (TPSA) is 63.0 Å². The number of aromatic nitrogens is 1. The Labute approximate surface area is 177 Å². The number of carbonyl (C=O) groups is 1. The van der Waals surface area contributed by atoms with Gasteiger partial charge in [0.1, 0.15) is 6.10 Å². The molecule has 3 aliphatic rings. The third-order valence-corrected chi connectivity index (χ3v) is 7.26. The molecule has 1 aliphatic heterocycles. The standard InChI is InChI=1S/C26H26N2O2/c27-15-17-4-3-6-18(12-17)20-8-9-21(28-16-20)10-11-23-22-7-2-1-5-19(22)13-25-24(23)14-26(29)30-25/h3-4,6,8-12,16,19,22-25H,1-2,5,7,13-14H2/b11-10+/t19-,22+,23-,24+,25-/m0/s1. The number of ether oxygens (including phenoxy) is 1. The van der Waals surface area contributed by atoms with E-state index in [4.69, 9.17) is 10.00 Å². The molecule has 3 fully saturated rings. The van der Waals surface area contributed by atoms with Crippen LogP contribution in [0.1, 0.15) is 49.8 Å². The number of hydrogen-bond donors (Lipinski definition) is 0. The van der Waals surface area contributed by atoms with Gasteiger partial charge in [-0.25, -0.2) is 0 Å². The van der Waals surface area contributed by atoms with Crippen molar-refractivity contribution >= 4 is 12.0 Å². The molecular weight excluding hydrogens is 372 g/mol. The number of benzene rings is 1. The zero-order chi connectivity index (χ0) is 20.5. The Balaban J connectivity index is 1.36. The van der Waals surface area contributed by atoms with Gasteiger partial charge in [0.15, 0.2) is 0 Å². The smallest absolute Gasteiger partial charge is 0.306 e. The van der Waals surface area contributed by atoms with E-state index in [1.165, 1.54) is 25.7 Å². The lowest BCUT2D eigenvalue weighted by molar-refractivity contribution is -0.143. The molecule has 2 aliphatic carbocycles. The van der Waals surface area contributed by atoms with Crippen molar-refractivity contribution < 1.29 is 9.53 Å². The largest absolute Gasteiger partial charge is 0.462 e. The Bertz CT molecular complexity index is 1000. The molecule has 0 radical (unpaired) electrons. The van der Waals surface area contributed by atoms with E-state index in [1.807, 2.05) is 36.5 Å². The first kappa shape index (κ1) is 19.1. The third kappa shape index (κ3) is 3.65. The van der Waals surface area contributed by atoms with E-state index in [0.717, 1.165) is 23.2 Å². The van der Waals surface area contributed by atoms with Crippen molar-refractivity contribution in [1.82, 2.24) is 4.98 Å². The van der Waals surface area contributed by atoms with Crippen molar-refractivity contribution in [3.05, 3.63) is 59.9 Å². The summed E-state index contributed by atoms with van der Waals surface area (Å²) in [6, 6.07) is 13.8. The lowest BCUT2D eigenvalue weighted by Gasteiger charge is -2.45. The van der Waals surface area contributed by atoms with Gasteiger partial charge in [-0.2, -0.15) is 5.26 Å². The molecule has 30 heavy (non-hydrogen) atoms. The summed E-state index contributed by atoms with van der Waals surface area (Å²) >= 11 is 0. The Morgan fingerprint density at radius 2 is 2.00 bits per heavy atom. The average molecular weight is 399 g/mol. The van der Waals surface area contributed by atoms with Crippen LogP contribution in [0.4, 0.5) is 0 Å². The lowest BCUT2D eigenvalue weighted by atomic mass is 9.60. The van der Waals surface area contributed by atoms with Crippen molar-refractivity contribution in [2.45, 2.75) is 44.6 Å². The molecule has 0 N–H and O–H groups in total. The molecule has 0 spiro atoms. The van der Waals surface area contributed by atoms with Gasteiger partial charge in [0, 0.05) is 17.7 Å². The van der Waals surface area contributed by atoms with Crippen LogP contribution in [0.3, 0.4) is 0 Å². The Kier molecular flexibility index (Phi) is 5.12. The van der Waals surface area contributed by atoms with E-state index in [2.05, 4.69) is 29.3 Å². The van der Waals surface area contributed by atoms with Gasteiger partial charge in [0.25, 0.3) is 0 Å². The Morgan fingerprint density at radius 3 is 2.83 bits per heavy atom. The second kappa shape index (κ2) is 8.07. The van der Waals surface area contributed by atoms with Crippen molar-refractivity contribution in [3.63, 3.8) is 0 Å². The minimum Gasteiger partial charge on any atom is -0.462 e. The molecule has 1 aromatic heterocycles. The summed E-state index contributed by atoms with van der Waals surface area (Å²) in [6.07, 6.45) is 13.1. The molecule has 5 rings (SSSR count). The van der Waals surface area contributed by atoms with Crippen LogP contribution in [0, 0.1) is 35.0 Å². The maximum Gasteiger partial charge on any atom is 0.306 e. The van der Waals surface area contributed by atoms with Crippen LogP contribution in [0.15, 0.2) is 48.7 Å². The highest BCUT2D eigenvalue weighted by Gasteiger charge is 2.49. The van der Waals surface area contributed by atoms with Crippen LogP contribution < -0.4 is 0 Å². The normalized spacial score (nSPS) is 30.4. The van der Waals surface area contributed by atoms with E-state index >= 15 is 0 Å². The second-order valence-corrected chi connectivity index (χ2v) is 8.94. The van der Waals surface area contributed by atoms with Crippen LogP contribution in [0.2, 0.25) is 0 Å². The van der Waals surface area contributed by atoms with Crippen molar-refractivity contribution in [2.75, 3.05) is 0 Å². The molecular formula is C26H26N2O2. The predicted molar refractivity (Wildman–Crippen MR) is 115 cm³/mol. The first-order valence-electron chi connectivity index (χ1n) is 11.1. The quantitative estimate of drug-likeness (QED) is 0.650. The van der Waals surface area contributed by atoms with E-state index in [-0.39, 0.29) is 12.1 Å². The fourth-order valence-corrected chi connectivity index (χ4v) is 5.82. The number of allylic oxidation sites excluding steroid dienone is 1. The van der Waals surface area contributed by atoms with Gasteiger partial charge in [-0.15, -0.1) is 0 Å². The fraction of sp³-hybridized carbons (Fsp3) is 0.423. The maximum atomic E-state index is 12.0. The number of pyridine rings is 1. The summed E-state index contributed by atoms with van der Waals surface area (Å²) in [5, 5.41) is 9.11. The van der Waals surface area contributed by atoms with Crippen molar-refractivity contribution in [3.8, 4) is 17.2 Å². The van der Waals surface area contributed by atoms with E-state index in [9.17, 15) is 4.79 Å². The molecule has 2 saturated carbocycles. The number of nitrogens with zero attached hydrogens (tertiary/aromatic N) is 2. The number of fused-ring (bicyclic) bond motifs is 2. The van der Waals surface area contributed by atoms with Gasteiger partial charge in [-0.1, -0.05) is 43.5 Å². The second-order valence-electron chi connectivity index (χ2n) is 8.94. The van der Waals surface area contributed by atoms with Crippen molar-refractivity contribution in [2.24, 2.45) is 23.7 Å². The van der Waals surface area contributed by atoms with E-state index in [0.29, 0.717) is 35.7 Å². The summed E-state index contributed by atoms with van der Waals surface area (Å²) in [5.41, 5.74) is 3.58. The zero-order valence-corrected chi connectivity index (χ0v) is 17.0. The molecule has 152 valence electrons. The number of rotatable bonds is 3. The van der Waals surface area contributed by atoms with Gasteiger partial charge < -0.3 is 4.74 Å². The van der Waals surface area contributed by atoms with Crippen LogP contribution in [-0.4, -0.2) is 17.1 Å². The van der Waals surface area contributed by atoms with Crippen LogP contribution in [0.25, 0.3) is 17.2 Å². The minimum atomic E-state index is -0.0240. The molecule has 5 atom stereocenters. The van der Waals surface area contributed by atoms with Gasteiger partial charge in [-0.05, 0) is 60.4 Å². The van der Waals surface area contributed by atoms with Gasteiger partial charge in [0.05, 0.1) is 23.7 Å². The first-order chi connectivity index (χ1) is 14.7. The summed E-state index contributed by atoms with van der Waals surface area (Å²) in [7, 11) is 0. The first-order valence-corrected chi connectivity index (χ1v) is 11.1. The molecule has 2 heterocycles. The molecule has 0 unspecified atom stereocenters. The highest BCUT2D eigenvalue weighted by Crippen LogP contribution is 2.51. The summed E-state index contributed by atoms with van der Waals surface area (Å²) in [5.74, 6) is 2.04. The number of hydrogen-bond acceptors (Lipinski definition) is 4. The van der Waals surface area contributed by atoms with Crippen LogP contribution in [-0.2, 0) is 9.53 Å². The SMILES string of the molecule is N#Cc1cccc(-c2ccc(/C=C/[C@H]3[C@@H]4CCCC[C@H]4C[C@@H]4OC(=O)C[C@H]34)nc2)c1. The highest BCUT2D eigenvalue weighted by atomic mass is 16.5. The van der Waals surface area contributed by atoms with Crippen molar-refractivity contribution in [1.29, 1.82) is 5.26 Å². The lowest BCUT2D eigenvalue weighted by Crippen LogP contribution is -2.41.